The number of carboxylic acids is 1. The van der Waals surface area contributed by atoms with Gasteiger partial charge in [0.05, 0.1) is 12.6 Å². The molecule has 1 fully saturated rings. The average molecular weight is 517 g/mol. The zero-order valence-electron chi connectivity index (χ0n) is 20.2. The van der Waals surface area contributed by atoms with Gasteiger partial charge in [-0.2, -0.15) is 12.6 Å². The highest BCUT2D eigenvalue weighted by atomic mass is 32.1. The summed E-state index contributed by atoms with van der Waals surface area (Å²) in [5.74, 6) is -4.39. The molecule has 1 heterocycles. The van der Waals surface area contributed by atoms with Crippen molar-refractivity contribution in [2.24, 2.45) is 11.7 Å². The lowest BCUT2D eigenvalue weighted by Gasteiger charge is -2.32. The molecule has 0 radical (unpaired) electrons. The molecule has 0 aromatic heterocycles. The molecule has 1 rings (SSSR count). The summed E-state index contributed by atoms with van der Waals surface area (Å²) >= 11 is 4.11. The molecule has 0 aromatic rings. The van der Waals surface area contributed by atoms with Gasteiger partial charge in [0.25, 0.3) is 0 Å². The van der Waals surface area contributed by atoms with Gasteiger partial charge in [0, 0.05) is 12.3 Å². The number of nitrogens with one attached hydrogen (secondary N) is 4. The van der Waals surface area contributed by atoms with Crippen molar-refractivity contribution in [2.75, 3.05) is 25.4 Å². The van der Waals surface area contributed by atoms with Crippen LogP contribution < -0.4 is 27.0 Å². The molecule has 0 aromatic carbocycles. The smallest absolute Gasteiger partial charge is 0.322 e. The van der Waals surface area contributed by atoms with E-state index in [1.54, 1.807) is 6.92 Å². The normalized spacial score (nSPS) is 18.5. The van der Waals surface area contributed by atoms with Gasteiger partial charge in [-0.1, -0.05) is 20.3 Å². The SMILES string of the molecule is CC[C@H](C)[C@H](NC(=O)[C@H](CS)NC(=O)CNC(=O)[C@H](C)N)C(=O)N1CCC[C@H]1C(=O)NCC(=O)O. The van der Waals surface area contributed by atoms with Crippen molar-refractivity contribution in [1.29, 1.82) is 0 Å². The maximum Gasteiger partial charge on any atom is 0.322 e. The van der Waals surface area contributed by atoms with Crippen LogP contribution in [0, 0.1) is 5.92 Å². The third-order valence-electron chi connectivity index (χ3n) is 5.70. The molecular weight excluding hydrogens is 480 g/mol. The molecule has 0 saturated carbocycles. The van der Waals surface area contributed by atoms with Crippen molar-refractivity contribution in [2.45, 2.75) is 64.2 Å². The lowest BCUT2D eigenvalue weighted by Crippen LogP contribution is -2.59. The number of carboxylic acid groups (broad SMARTS) is 1. The summed E-state index contributed by atoms with van der Waals surface area (Å²) in [7, 11) is 0. The Labute approximate surface area is 209 Å². The first-order valence-corrected chi connectivity index (χ1v) is 12.1. The number of carbonyl (C=O) groups excluding carboxylic acids is 5. The predicted octanol–water partition coefficient (Wildman–Crippen LogP) is -2.41. The first-order chi connectivity index (χ1) is 16.4. The second kappa shape index (κ2) is 14.5. The Morgan fingerprint density at radius 2 is 1.71 bits per heavy atom. The van der Waals surface area contributed by atoms with Gasteiger partial charge < -0.3 is 37.0 Å². The minimum absolute atomic E-state index is 0.0653. The van der Waals surface area contributed by atoms with E-state index < -0.39 is 66.2 Å². The van der Waals surface area contributed by atoms with Crippen LogP contribution in [0.1, 0.15) is 40.0 Å². The van der Waals surface area contributed by atoms with E-state index in [0.717, 1.165) is 0 Å². The highest BCUT2D eigenvalue weighted by Crippen LogP contribution is 2.21. The fourth-order valence-corrected chi connectivity index (χ4v) is 3.72. The van der Waals surface area contributed by atoms with Crippen LogP contribution in [0.4, 0.5) is 0 Å². The van der Waals surface area contributed by atoms with Crippen LogP contribution in [-0.4, -0.2) is 95.1 Å². The first kappa shape index (κ1) is 30.2. The van der Waals surface area contributed by atoms with Gasteiger partial charge >= 0.3 is 5.97 Å². The Bertz CT molecular complexity index is 809. The van der Waals surface area contributed by atoms with Gasteiger partial charge in [0.2, 0.25) is 29.5 Å². The number of aliphatic carboxylic acids is 1. The number of hydrogen-bond acceptors (Lipinski definition) is 8. The summed E-state index contributed by atoms with van der Waals surface area (Å²) < 4.78 is 0. The molecule has 1 aliphatic heterocycles. The van der Waals surface area contributed by atoms with Crippen molar-refractivity contribution in [3.8, 4) is 0 Å². The minimum Gasteiger partial charge on any atom is -0.480 e. The quantitative estimate of drug-likeness (QED) is 0.131. The Morgan fingerprint density at radius 3 is 2.26 bits per heavy atom. The van der Waals surface area contributed by atoms with E-state index >= 15 is 0 Å². The van der Waals surface area contributed by atoms with Crippen molar-refractivity contribution in [3.63, 3.8) is 0 Å². The summed E-state index contributed by atoms with van der Waals surface area (Å²) in [6.45, 7) is 4.43. The van der Waals surface area contributed by atoms with Crippen LogP contribution in [0.2, 0.25) is 0 Å². The van der Waals surface area contributed by atoms with E-state index in [-0.39, 0.29) is 18.2 Å². The third kappa shape index (κ3) is 9.36. The van der Waals surface area contributed by atoms with E-state index in [4.69, 9.17) is 10.8 Å². The topological polar surface area (TPSA) is 200 Å². The summed E-state index contributed by atoms with van der Waals surface area (Å²) in [4.78, 5) is 74.5. The molecule has 35 heavy (non-hydrogen) atoms. The molecule has 7 N–H and O–H groups in total. The van der Waals surface area contributed by atoms with Gasteiger partial charge in [0.15, 0.2) is 0 Å². The molecule has 0 spiro atoms. The van der Waals surface area contributed by atoms with Crippen LogP contribution in [-0.2, 0) is 28.8 Å². The molecule has 14 heteroatoms. The third-order valence-corrected chi connectivity index (χ3v) is 6.07. The van der Waals surface area contributed by atoms with Gasteiger partial charge in [-0.05, 0) is 25.7 Å². The Morgan fingerprint density at radius 1 is 1.06 bits per heavy atom. The molecule has 0 unspecified atom stereocenters. The van der Waals surface area contributed by atoms with Crippen molar-refractivity contribution >= 4 is 48.1 Å². The van der Waals surface area contributed by atoms with E-state index in [2.05, 4.69) is 33.9 Å². The summed E-state index contributed by atoms with van der Waals surface area (Å²) in [5.41, 5.74) is 5.43. The zero-order valence-corrected chi connectivity index (χ0v) is 21.1. The Kier molecular flexibility index (Phi) is 12.5. The van der Waals surface area contributed by atoms with Crippen molar-refractivity contribution in [3.05, 3.63) is 0 Å². The summed E-state index contributed by atoms with van der Waals surface area (Å²) in [5, 5.41) is 18.5. The van der Waals surface area contributed by atoms with Gasteiger partial charge in [-0.3, -0.25) is 28.8 Å². The minimum atomic E-state index is -1.20. The lowest BCUT2D eigenvalue weighted by atomic mass is 9.97. The molecule has 1 saturated heterocycles. The standard InChI is InChI=1S/C21H36N6O7S/c1-4-11(2)17(21(34)27-7-5-6-14(27)20(33)24-9-16(29)30)26-19(32)13(10-35)25-15(28)8-23-18(31)12(3)22/h11-14,17,35H,4-10,22H2,1-3H3,(H,23,31)(H,24,33)(H,25,28)(H,26,32)(H,29,30)/t11-,12-,13-,14-,17-/m0/s1. The first-order valence-electron chi connectivity index (χ1n) is 11.5. The largest absolute Gasteiger partial charge is 0.480 e. The van der Waals surface area contributed by atoms with Crippen LogP contribution in [0.5, 0.6) is 0 Å². The second-order valence-electron chi connectivity index (χ2n) is 8.48. The number of nitrogens with zero attached hydrogens (tertiary/aromatic N) is 1. The van der Waals surface area contributed by atoms with Crippen molar-refractivity contribution in [1.82, 2.24) is 26.2 Å². The van der Waals surface area contributed by atoms with E-state index in [9.17, 15) is 28.8 Å². The fourth-order valence-electron chi connectivity index (χ4n) is 3.47. The number of nitrogens with two attached hydrogens (primary N) is 1. The molecule has 13 nitrogen and oxygen atoms in total. The van der Waals surface area contributed by atoms with Gasteiger partial charge in [-0.25, -0.2) is 0 Å². The van der Waals surface area contributed by atoms with Crippen LogP contribution >= 0.6 is 12.6 Å². The molecule has 5 atom stereocenters. The predicted molar refractivity (Wildman–Crippen MR) is 129 cm³/mol. The van der Waals surface area contributed by atoms with Crippen molar-refractivity contribution < 1.29 is 33.9 Å². The molecule has 198 valence electrons. The highest BCUT2D eigenvalue weighted by Gasteiger charge is 2.39. The zero-order chi connectivity index (χ0) is 26.7. The number of rotatable bonds is 13. The van der Waals surface area contributed by atoms with Gasteiger partial charge in [0.1, 0.15) is 24.7 Å². The molecular formula is C21H36N6O7S. The van der Waals surface area contributed by atoms with Crippen LogP contribution in [0.15, 0.2) is 0 Å². The average Bonchev–Trinajstić information content (AvgIpc) is 3.31. The maximum atomic E-state index is 13.4. The maximum absolute atomic E-state index is 13.4. The second-order valence-corrected chi connectivity index (χ2v) is 8.85. The van der Waals surface area contributed by atoms with E-state index in [0.29, 0.717) is 25.8 Å². The fraction of sp³-hybridized carbons (Fsp3) is 0.714. The highest BCUT2D eigenvalue weighted by molar-refractivity contribution is 7.80. The molecule has 1 aliphatic rings. The summed E-state index contributed by atoms with van der Waals surface area (Å²) in [6.07, 6.45) is 1.48. The summed E-state index contributed by atoms with van der Waals surface area (Å²) in [6, 6.07) is -3.68. The monoisotopic (exact) mass is 516 g/mol. The van der Waals surface area contributed by atoms with E-state index in [1.165, 1.54) is 11.8 Å². The number of amides is 5. The number of hydrogen-bond donors (Lipinski definition) is 7. The molecule has 0 aliphatic carbocycles. The number of likely N-dealkylation sites (tertiary alicyclic amines) is 1. The molecule has 5 amide bonds. The Hall–Kier alpha value is -2.87. The number of carbonyl (C=O) groups is 6. The molecule has 0 bridgehead atoms. The van der Waals surface area contributed by atoms with Gasteiger partial charge in [-0.15, -0.1) is 0 Å². The number of thiol groups is 1. The van der Waals surface area contributed by atoms with Crippen LogP contribution in [0.3, 0.4) is 0 Å². The van der Waals surface area contributed by atoms with Crippen LogP contribution in [0.25, 0.3) is 0 Å². The Balaban J connectivity index is 2.88. The lowest BCUT2D eigenvalue weighted by molar-refractivity contribution is -0.143. The van der Waals surface area contributed by atoms with E-state index in [1.807, 2.05) is 6.92 Å².